The molecule has 1 N–H and O–H groups in total. The van der Waals surface area contributed by atoms with Gasteiger partial charge in [-0.2, -0.15) is 0 Å². The van der Waals surface area contributed by atoms with Crippen molar-refractivity contribution in [3.8, 4) is 0 Å². The fourth-order valence-corrected chi connectivity index (χ4v) is 3.59. The summed E-state index contributed by atoms with van der Waals surface area (Å²) >= 11 is 0. The smallest absolute Gasteiger partial charge is 0.238 e. The lowest BCUT2D eigenvalue weighted by Gasteiger charge is -2.31. The van der Waals surface area contributed by atoms with Crippen molar-refractivity contribution in [1.29, 1.82) is 0 Å². The van der Waals surface area contributed by atoms with Gasteiger partial charge in [-0.15, -0.1) is 0 Å². The fraction of sp³-hybridized carbons (Fsp3) is 0.304. The predicted octanol–water partition coefficient (Wildman–Crippen LogP) is 2.84. The van der Waals surface area contributed by atoms with Crippen molar-refractivity contribution in [2.24, 2.45) is 0 Å². The molecule has 3 aromatic rings. The average Bonchev–Trinajstić information content (AvgIpc) is 2.79. The maximum Gasteiger partial charge on any atom is 0.238 e. The Kier molecular flexibility index (Phi) is 6.49. The molecular formula is C23H27N7O. The minimum Gasteiger partial charge on any atom is -0.325 e. The molecule has 160 valence electrons. The normalized spacial score (nSPS) is 14.9. The van der Waals surface area contributed by atoms with Crippen molar-refractivity contribution in [3.63, 3.8) is 0 Å². The summed E-state index contributed by atoms with van der Waals surface area (Å²) in [7, 11) is 2.11. The molecule has 1 saturated heterocycles. The first-order valence-electron chi connectivity index (χ1n) is 10.4. The van der Waals surface area contributed by atoms with Gasteiger partial charge in [0.15, 0.2) is 0 Å². The van der Waals surface area contributed by atoms with Gasteiger partial charge in [-0.25, -0.2) is 9.97 Å². The van der Waals surface area contributed by atoms with E-state index in [-0.39, 0.29) is 5.91 Å². The standard InChI is InChI=1S/C23H27N7O/c1-18-6-7-19(27-22(31)17-29-13-11-28(2)12-14-29)15-21(18)30(20-5-3-8-24-16-20)23-25-9-4-10-26-23/h3-10,15-16H,11-14,17H2,1-2H3,(H,27,31). The van der Waals surface area contributed by atoms with Gasteiger partial charge in [-0.05, 0) is 49.9 Å². The van der Waals surface area contributed by atoms with Crippen LogP contribution >= 0.6 is 0 Å². The highest BCUT2D eigenvalue weighted by atomic mass is 16.2. The largest absolute Gasteiger partial charge is 0.325 e. The van der Waals surface area contributed by atoms with Gasteiger partial charge < -0.3 is 10.2 Å². The topological polar surface area (TPSA) is 77.5 Å². The number of hydrogen-bond donors (Lipinski definition) is 1. The Hall–Kier alpha value is -3.36. The third-order valence-electron chi connectivity index (χ3n) is 5.35. The van der Waals surface area contributed by atoms with Crippen LogP contribution in [-0.4, -0.2) is 70.4 Å². The maximum absolute atomic E-state index is 12.7. The number of likely N-dealkylation sites (N-methyl/N-ethyl adjacent to an activating group) is 1. The van der Waals surface area contributed by atoms with E-state index in [1.54, 1.807) is 30.9 Å². The SMILES string of the molecule is Cc1ccc(NC(=O)CN2CCN(C)CC2)cc1N(c1cccnc1)c1ncccn1. The van der Waals surface area contributed by atoms with Crippen molar-refractivity contribution in [1.82, 2.24) is 24.8 Å². The second kappa shape index (κ2) is 9.63. The number of hydrogen-bond acceptors (Lipinski definition) is 7. The molecule has 1 aliphatic rings. The first kappa shape index (κ1) is 20.9. The molecule has 1 aromatic carbocycles. The summed E-state index contributed by atoms with van der Waals surface area (Å²) in [6.45, 7) is 6.20. The van der Waals surface area contributed by atoms with E-state index in [4.69, 9.17) is 0 Å². The Balaban J connectivity index is 1.57. The molecule has 8 nitrogen and oxygen atoms in total. The zero-order valence-electron chi connectivity index (χ0n) is 17.9. The molecule has 3 heterocycles. The molecule has 0 saturated carbocycles. The number of rotatable bonds is 6. The lowest BCUT2D eigenvalue weighted by Crippen LogP contribution is -2.47. The lowest BCUT2D eigenvalue weighted by atomic mass is 10.1. The molecule has 1 aliphatic heterocycles. The summed E-state index contributed by atoms with van der Waals surface area (Å²) in [4.78, 5) is 32.2. The van der Waals surface area contributed by atoms with Gasteiger partial charge in [0.2, 0.25) is 11.9 Å². The van der Waals surface area contributed by atoms with Gasteiger partial charge >= 0.3 is 0 Å². The van der Waals surface area contributed by atoms with Gasteiger partial charge in [0.25, 0.3) is 0 Å². The molecule has 31 heavy (non-hydrogen) atoms. The number of nitrogens with one attached hydrogen (secondary N) is 1. The van der Waals surface area contributed by atoms with Crippen LogP contribution in [0, 0.1) is 6.92 Å². The lowest BCUT2D eigenvalue weighted by molar-refractivity contribution is -0.117. The van der Waals surface area contributed by atoms with Gasteiger partial charge in [-0.3, -0.25) is 19.6 Å². The van der Waals surface area contributed by atoms with Crippen molar-refractivity contribution in [2.45, 2.75) is 6.92 Å². The van der Waals surface area contributed by atoms with Crippen LogP contribution in [0.2, 0.25) is 0 Å². The Morgan fingerprint density at radius 3 is 2.55 bits per heavy atom. The van der Waals surface area contributed by atoms with E-state index in [0.717, 1.165) is 48.8 Å². The van der Waals surface area contributed by atoms with Gasteiger partial charge in [0.1, 0.15) is 0 Å². The van der Waals surface area contributed by atoms with Crippen LogP contribution in [0.15, 0.2) is 61.2 Å². The third kappa shape index (κ3) is 5.22. The van der Waals surface area contributed by atoms with Crippen LogP contribution in [0.3, 0.4) is 0 Å². The average molecular weight is 418 g/mol. The first-order valence-corrected chi connectivity index (χ1v) is 10.4. The van der Waals surface area contributed by atoms with Crippen LogP contribution < -0.4 is 10.2 Å². The van der Waals surface area contributed by atoms with Gasteiger partial charge in [0, 0.05) is 50.5 Å². The third-order valence-corrected chi connectivity index (χ3v) is 5.35. The molecule has 0 bridgehead atoms. The highest BCUT2D eigenvalue weighted by molar-refractivity contribution is 5.93. The molecule has 1 amide bonds. The van der Waals surface area contributed by atoms with Crippen LogP contribution in [0.4, 0.5) is 23.0 Å². The Bertz CT molecular complexity index is 965. The molecule has 0 aliphatic carbocycles. The summed E-state index contributed by atoms with van der Waals surface area (Å²) < 4.78 is 0. The maximum atomic E-state index is 12.7. The summed E-state index contributed by atoms with van der Waals surface area (Å²) in [6.07, 6.45) is 6.93. The van der Waals surface area contributed by atoms with E-state index in [9.17, 15) is 4.79 Å². The number of aromatic nitrogens is 3. The highest BCUT2D eigenvalue weighted by Gasteiger charge is 2.19. The fourth-order valence-electron chi connectivity index (χ4n) is 3.59. The summed E-state index contributed by atoms with van der Waals surface area (Å²) in [5, 5.41) is 3.05. The highest BCUT2D eigenvalue weighted by Crippen LogP contribution is 2.35. The molecule has 0 spiro atoms. The molecule has 8 heteroatoms. The van der Waals surface area contributed by atoms with Crippen molar-refractivity contribution < 1.29 is 4.79 Å². The molecular weight excluding hydrogens is 390 g/mol. The van der Waals surface area contributed by atoms with E-state index in [1.807, 2.05) is 42.2 Å². The number of carbonyl (C=O) groups is 1. The van der Waals surface area contributed by atoms with Crippen LogP contribution in [0.25, 0.3) is 0 Å². The summed E-state index contributed by atoms with van der Waals surface area (Å²) in [5.41, 5.74) is 3.51. The molecule has 2 aromatic heterocycles. The van der Waals surface area contributed by atoms with Crippen molar-refractivity contribution >= 4 is 28.9 Å². The van der Waals surface area contributed by atoms with Crippen molar-refractivity contribution in [3.05, 3.63) is 66.7 Å². The monoisotopic (exact) mass is 417 g/mol. The molecule has 0 atom stereocenters. The van der Waals surface area contributed by atoms with Crippen LogP contribution in [0.1, 0.15) is 5.56 Å². The van der Waals surface area contributed by atoms with E-state index >= 15 is 0 Å². The summed E-state index contributed by atoms with van der Waals surface area (Å²) in [6, 6.07) is 11.5. The minimum absolute atomic E-state index is 0.0109. The number of piperazine rings is 1. The molecule has 0 radical (unpaired) electrons. The number of carbonyl (C=O) groups excluding carboxylic acids is 1. The number of aryl methyl sites for hydroxylation is 1. The molecule has 1 fully saturated rings. The van der Waals surface area contributed by atoms with E-state index in [0.29, 0.717) is 12.5 Å². The number of pyridine rings is 1. The van der Waals surface area contributed by atoms with E-state index in [2.05, 4.69) is 37.1 Å². The number of anilines is 4. The number of amides is 1. The second-order valence-corrected chi connectivity index (χ2v) is 7.72. The van der Waals surface area contributed by atoms with Gasteiger partial charge in [-0.1, -0.05) is 6.07 Å². The van der Waals surface area contributed by atoms with E-state index < -0.39 is 0 Å². The minimum atomic E-state index is -0.0109. The van der Waals surface area contributed by atoms with Crippen LogP contribution in [0.5, 0.6) is 0 Å². The van der Waals surface area contributed by atoms with Crippen LogP contribution in [-0.2, 0) is 4.79 Å². The van der Waals surface area contributed by atoms with Crippen molar-refractivity contribution in [2.75, 3.05) is 50.0 Å². The zero-order valence-corrected chi connectivity index (χ0v) is 17.9. The second-order valence-electron chi connectivity index (χ2n) is 7.72. The number of nitrogens with zero attached hydrogens (tertiary/aromatic N) is 6. The first-order chi connectivity index (χ1) is 15.1. The van der Waals surface area contributed by atoms with E-state index in [1.165, 1.54) is 0 Å². The quantitative estimate of drug-likeness (QED) is 0.661. The number of benzene rings is 1. The molecule has 4 rings (SSSR count). The predicted molar refractivity (Wildman–Crippen MR) is 122 cm³/mol. The summed E-state index contributed by atoms with van der Waals surface area (Å²) in [5.74, 6) is 0.530. The molecule has 0 unspecified atom stereocenters. The zero-order chi connectivity index (χ0) is 21.6. The Morgan fingerprint density at radius 2 is 1.84 bits per heavy atom. The Labute approximate surface area is 182 Å². The van der Waals surface area contributed by atoms with Gasteiger partial charge in [0.05, 0.1) is 24.1 Å². The Morgan fingerprint density at radius 1 is 1.06 bits per heavy atom.